The van der Waals surface area contributed by atoms with Crippen LogP contribution in [0.25, 0.3) is 0 Å². The maximum atomic E-state index is 12.0. The van der Waals surface area contributed by atoms with Crippen molar-refractivity contribution in [3.05, 3.63) is 29.0 Å². The molecule has 5 heteroatoms. The summed E-state index contributed by atoms with van der Waals surface area (Å²) in [7, 11) is 0. The molecule has 1 aromatic heterocycles. The molecule has 1 atom stereocenters. The molecule has 1 fully saturated rings. The molecule has 4 nitrogen and oxygen atoms in total. The lowest BCUT2D eigenvalue weighted by Crippen LogP contribution is -2.48. The van der Waals surface area contributed by atoms with Crippen LogP contribution in [0.5, 0.6) is 0 Å². The minimum atomic E-state index is 0.0708. The van der Waals surface area contributed by atoms with Gasteiger partial charge >= 0.3 is 0 Å². The number of likely N-dealkylation sites (tertiary alicyclic amines) is 1. The summed E-state index contributed by atoms with van der Waals surface area (Å²) in [6, 6.07) is 2.14. The van der Waals surface area contributed by atoms with Gasteiger partial charge in [-0.1, -0.05) is 25.4 Å². The Morgan fingerprint density at radius 3 is 3.10 bits per heavy atom. The van der Waals surface area contributed by atoms with E-state index in [9.17, 15) is 4.79 Å². The third kappa shape index (κ3) is 3.93. The zero-order valence-electron chi connectivity index (χ0n) is 12.1. The van der Waals surface area contributed by atoms with Crippen molar-refractivity contribution in [3.8, 4) is 0 Å². The molecule has 1 amide bonds. The van der Waals surface area contributed by atoms with Crippen molar-refractivity contribution in [2.75, 3.05) is 13.1 Å². The van der Waals surface area contributed by atoms with Gasteiger partial charge in [0.15, 0.2) is 0 Å². The number of piperidine rings is 1. The van der Waals surface area contributed by atoms with Gasteiger partial charge in [0, 0.05) is 54.6 Å². The topological polar surface area (TPSA) is 45.2 Å². The fourth-order valence-corrected chi connectivity index (χ4v) is 2.68. The lowest BCUT2D eigenvalue weighted by atomic mass is 10.0. The van der Waals surface area contributed by atoms with Crippen molar-refractivity contribution in [1.82, 2.24) is 15.2 Å². The van der Waals surface area contributed by atoms with Gasteiger partial charge in [-0.05, 0) is 18.9 Å². The number of hydrogen-bond donors (Lipinski definition) is 1. The third-order valence-electron chi connectivity index (χ3n) is 3.65. The normalized spacial score (nSPS) is 19.4. The first-order valence-corrected chi connectivity index (χ1v) is 7.56. The van der Waals surface area contributed by atoms with E-state index in [2.05, 4.69) is 10.3 Å². The Hall–Kier alpha value is -1.13. The van der Waals surface area contributed by atoms with E-state index in [0.29, 0.717) is 12.6 Å². The molecule has 20 heavy (non-hydrogen) atoms. The van der Waals surface area contributed by atoms with E-state index in [4.69, 9.17) is 11.6 Å². The van der Waals surface area contributed by atoms with Crippen LogP contribution in [0.2, 0.25) is 5.02 Å². The first-order chi connectivity index (χ1) is 9.58. The number of hydrogen-bond acceptors (Lipinski definition) is 3. The smallest absolute Gasteiger partial charge is 0.225 e. The van der Waals surface area contributed by atoms with Gasteiger partial charge in [-0.2, -0.15) is 0 Å². The predicted molar refractivity (Wildman–Crippen MR) is 80.5 cm³/mol. The quantitative estimate of drug-likeness (QED) is 0.928. The maximum absolute atomic E-state index is 12.0. The highest BCUT2D eigenvalue weighted by molar-refractivity contribution is 6.31. The number of aromatic nitrogens is 1. The molecule has 0 spiro atoms. The number of pyridine rings is 1. The Bertz CT molecular complexity index is 464. The summed E-state index contributed by atoms with van der Waals surface area (Å²) in [6.45, 7) is 6.27. The number of nitrogens with zero attached hydrogens (tertiary/aromatic N) is 2. The van der Waals surface area contributed by atoms with Gasteiger partial charge < -0.3 is 10.2 Å². The van der Waals surface area contributed by atoms with Gasteiger partial charge in [0.1, 0.15) is 0 Å². The van der Waals surface area contributed by atoms with E-state index in [1.807, 2.05) is 18.7 Å². The first kappa shape index (κ1) is 15.3. The van der Waals surface area contributed by atoms with Gasteiger partial charge in [-0.25, -0.2) is 0 Å². The summed E-state index contributed by atoms with van der Waals surface area (Å²) in [6.07, 6.45) is 5.63. The van der Waals surface area contributed by atoms with Gasteiger partial charge in [0.05, 0.1) is 0 Å². The van der Waals surface area contributed by atoms with E-state index in [-0.39, 0.29) is 11.8 Å². The summed E-state index contributed by atoms with van der Waals surface area (Å²) in [5.41, 5.74) is 1.00. The summed E-state index contributed by atoms with van der Waals surface area (Å²) in [4.78, 5) is 18.1. The highest BCUT2D eigenvalue weighted by Crippen LogP contribution is 2.16. The zero-order valence-corrected chi connectivity index (χ0v) is 12.9. The fourth-order valence-electron chi connectivity index (χ4n) is 2.50. The van der Waals surface area contributed by atoms with Crippen molar-refractivity contribution in [3.63, 3.8) is 0 Å². The molecule has 1 aromatic rings. The van der Waals surface area contributed by atoms with Crippen LogP contribution in [0.1, 0.15) is 32.3 Å². The van der Waals surface area contributed by atoms with Crippen LogP contribution < -0.4 is 5.32 Å². The number of amides is 1. The minimum absolute atomic E-state index is 0.0708. The Morgan fingerprint density at radius 1 is 1.60 bits per heavy atom. The average Bonchev–Trinajstić information content (AvgIpc) is 2.46. The zero-order chi connectivity index (χ0) is 14.5. The van der Waals surface area contributed by atoms with Gasteiger partial charge in [-0.15, -0.1) is 0 Å². The van der Waals surface area contributed by atoms with Crippen molar-refractivity contribution >= 4 is 17.5 Å². The highest BCUT2D eigenvalue weighted by atomic mass is 35.5. The standard InChI is InChI=1S/C15H22ClN3O/c1-11(2)15(20)19-7-3-4-13(10-19)18-9-12-8-17-6-5-14(12)16/h5-6,8,11,13,18H,3-4,7,9-10H2,1-2H3. The second kappa shape index (κ2) is 7.04. The van der Waals surface area contributed by atoms with E-state index in [1.54, 1.807) is 18.5 Å². The van der Waals surface area contributed by atoms with Gasteiger partial charge in [-0.3, -0.25) is 9.78 Å². The summed E-state index contributed by atoms with van der Waals surface area (Å²) in [5, 5.41) is 4.22. The van der Waals surface area contributed by atoms with Crippen molar-refractivity contribution in [2.24, 2.45) is 5.92 Å². The van der Waals surface area contributed by atoms with Crippen LogP contribution in [0.15, 0.2) is 18.5 Å². The number of carbonyl (C=O) groups is 1. The largest absolute Gasteiger partial charge is 0.341 e. The number of nitrogens with one attached hydrogen (secondary N) is 1. The van der Waals surface area contributed by atoms with E-state index < -0.39 is 0 Å². The third-order valence-corrected chi connectivity index (χ3v) is 4.02. The van der Waals surface area contributed by atoms with E-state index in [0.717, 1.165) is 36.5 Å². The molecule has 0 saturated carbocycles. The molecule has 2 heterocycles. The predicted octanol–water partition coefficient (Wildman–Crippen LogP) is 2.47. The Labute approximate surface area is 125 Å². The molecule has 0 aromatic carbocycles. The average molecular weight is 296 g/mol. The van der Waals surface area contributed by atoms with Gasteiger partial charge in [0.2, 0.25) is 5.91 Å². The second-order valence-electron chi connectivity index (χ2n) is 5.63. The Kier molecular flexibility index (Phi) is 5.38. The first-order valence-electron chi connectivity index (χ1n) is 7.18. The molecule has 1 unspecified atom stereocenters. The molecular formula is C15H22ClN3O. The molecule has 0 radical (unpaired) electrons. The van der Waals surface area contributed by atoms with Crippen LogP contribution >= 0.6 is 11.6 Å². The SMILES string of the molecule is CC(C)C(=O)N1CCCC(NCc2cnccc2Cl)C1. The molecule has 2 rings (SSSR count). The summed E-state index contributed by atoms with van der Waals surface area (Å²) >= 11 is 6.12. The van der Waals surface area contributed by atoms with Crippen molar-refractivity contribution in [1.29, 1.82) is 0 Å². The second-order valence-corrected chi connectivity index (χ2v) is 6.03. The van der Waals surface area contributed by atoms with E-state index in [1.165, 1.54) is 0 Å². The maximum Gasteiger partial charge on any atom is 0.225 e. The molecule has 1 N–H and O–H groups in total. The van der Waals surface area contributed by atoms with Gasteiger partial charge in [0.25, 0.3) is 0 Å². The van der Waals surface area contributed by atoms with E-state index >= 15 is 0 Å². The van der Waals surface area contributed by atoms with Crippen LogP contribution in [-0.4, -0.2) is 34.9 Å². The number of carbonyl (C=O) groups excluding carboxylic acids is 1. The summed E-state index contributed by atoms with van der Waals surface area (Å²) < 4.78 is 0. The molecule has 1 saturated heterocycles. The fraction of sp³-hybridized carbons (Fsp3) is 0.600. The van der Waals surface area contributed by atoms with Crippen LogP contribution in [0.3, 0.4) is 0 Å². The Balaban J connectivity index is 1.87. The lowest BCUT2D eigenvalue weighted by molar-refractivity contribution is -0.135. The Morgan fingerprint density at radius 2 is 2.40 bits per heavy atom. The molecular weight excluding hydrogens is 274 g/mol. The molecule has 1 aliphatic rings. The van der Waals surface area contributed by atoms with Crippen LogP contribution in [0.4, 0.5) is 0 Å². The number of rotatable bonds is 4. The lowest BCUT2D eigenvalue weighted by Gasteiger charge is -2.34. The summed E-state index contributed by atoms with van der Waals surface area (Å²) in [5.74, 6) is 0.317. The van der Waals surface area contributed by atoms with Crippen molar-refractivity contribution < 1.29 is 4.79 Å². The highest BCUT2D eigenvalue weighted by Gasteiger charge is 2.24. The minimum Gasteiger partial charge on any atom is -0.341 e. The van der Waals surface area contributed by atoms with Crippen LogP contribution in [-0.2, 0) is 11.3 Å². The molecule has 0 bridgehead atoms. The molecule has 1 aliphatic heterocycles. The monoisotopic (exact) mass is 295 g/mol. The number of halogens is 1. The molecule has 0 aliphatic carbocycles. The van der Waals surface area contributed by atoms with Crippen LogP contribution in [0, 0.1) is 5.92 Å². The van der Waals surface area contributed by atoms with Crippen molar-refractivity contribution in [2.45, 2.75) is 39.3 Å². The molecule has 110 valence electrons.